The number of nitrogens with zero attached hydrogens (tertiary/aromatic N) is 6. The van der Waals surface area contributed by atoms with Gasteiger partial charge < -0.3 is 14.6 Å². The smallest absolute Gasteiger partial charge is 0.153 e. The van der Waals surface area contributed by atoms with Crippen LogP contribution in [0.25, 0.3) is 22.2 Å². The molecule has 33 heavy (non-hydrogen) atoms. The van der Waals surface area contributed by atoms with E-state index in [1.807, 2.05) is 55.5 Å². The molecule has 4 aromatic rings. The Morgan fingerprint density at radius 2 is 2.00 bits per heavy atom. The summed E-state index contributed by atoms with van der Waals surface area (Å²) in [7, 11) is 0.681. The molecule has 0 saturated carbocycles. The quantitative estimate of drug-likeness (QED) is 0.292. The number of pyridine rings is 2. The summed E-state index contributed by atoms with van der Waals surface area (Å²) >= 11 is 0. The van der Waals surface area contributed by atoms with Crippen LogP contribution in [0.4, 0.5) is 11.6 Å². The van der Waals surface area contributed by atoms with E-state index in [2.05, 4.69) is 47.2 Å². The summed E-state index contributed by atoms with van der Waals surface area (Å²) in [6.45, 7) is 10.0. The summed E-state index contributed by atoms with van der Waals surface area (Å²) in [5, 5.41) is 18.4. The molecule has 4 rings (SSSR count). The van der Waals surface area contributed by atoms with E-state index in [0.717, 1.165) is 28.1 Å². The molecule has 4 heterocycles. The van der Waals surface area contributed by atoms with Gasteiger partial charge in [-0.2, -0.15) is 10.4 Å². The first-order valence-electron chi connectivity index (χ1n) is 10.9. The van der Waals surface area contributed by atoms with Gasteiger partial charge in [0.05, 0.1) is 5.56 Å². The molecule has 9 heteroatoms. The summed E-state index contributed by atoms with van der Waals surface area (Å²) < 4.78 is 9.63. The van der Waals surface area contributed by atoms with Gasteiger partial charge in [-0.15, -0.1) is 0 Å². The summed E-state index contributed by atoms with van der Waals surface area (Å²) in [6, 6.07) is 9.32. The fraction of sp³-hybridized carbons (Fsp3) is 0.333. The highest BCUT2D eigenvalue weighted by atomic mass is 28.3. The molecular weight excluding hydrogens is 430 g/mol. The largest absolute Gasteiger partial charge is 0.361 e. The van der Waals surface area contributed by atoms with Crippen molar-refractivity contribution in [1.82, 2.24) is 24.3 Å². The Balaban J connectivity index is 1.80. The van der Waals surface area contributed by atoms with E-state index < -0.39 is 8.07 Å². The number of rotatable bonds is 8. The predicted molar refractivity (Wildman–Crippen MR) is 133 cm³/mol. The molecule has 4 aromatic heterocycles. The molecule has 0 aromatic carbocycles. The molecule has 0 fully saturated rings. The summed E-state index contributed by atoms with van der Waals surface area (Å²) in [4.78, 5) is 9.21. The summed E-state index contributed by atoms with van der Waals surface area (Å²) in [6.07, 6.45) is 7.32. The fourth-order valence-corrected chi connectivity index (χ4v) is 4.37. The molecule has 0 atom stereocenters. The molecule has 0 spiro atoms. The van der Waals surface area contributed by atoms with Crippen molar-refractivity contribution >= 4 is 30.7 Å². The van der Waals surface area contributed by atoms with Gasteiger partial charge in [-0.05, 0) is 36.2 Å². The number of nitrogens with one attached hydrogen (secondary N) is 1. The monoisotopic (exact) mass is 459 g/mol. The zero-order chi connectivity index (χ0) is 23.6. The number of anilines is 2. The number of fused-ring (bicyclic) bond motifs is 1. The van der Waals surface area contributed by atoms with E-state index in [9.17, 15) is 5.26 Å². The zero-order valence-electron chi connectivity index (χ0n) is 19.8. The first-order chi connectivity index (χ1) is 15.7. The lowest BCUT2D eigenvalue weighted by atomic mass is 10.0. The predicted octanol–water partition coefficient (Wildman–Crippen LogP) is 5.07. The van der Waals surface area contributed by atoms with Gasteiger partial charge in [-0.25, -0.2) is 4.98 Å². The highest BCUT2D eigenvalue weighted by Gasteiger charge is 2.18. The number of ether oxygens (including phenoxy) is 1. The zero-order valence-corrected chi connectivity index (χ0v) is 20.8. The Morgan fingerprint density at radius 1 is 1.18 bits per heavy atom. The van der Waals surface area contributed by atoms with E-state index in [4.69, 9.17) is 9.72 Å². The number of aromatic nitrogens is 5. The third kappa shape index (κ3) is 5.30. The van der Waals surface area contributed by atoms with Gasteiger partial charge in [-0.1, -0.05) is 19.6 Å². The van der Waals surface area contributed by atoms with Crippen molar-refractivity contribution in [2.24, 2.45) is 7.05 Å². The third-order valence-corrected chi connectivity index (χ3v) is 7.03. The molecule has 0 radical (unpaired) electrons. The van der Waals surface area contributed by atoms with E-state index in [1.54, 1.807) is 4.68 Å². The maximum Gasteiger partial charge on any atom is 0.153 e. The number of aryl methyl sites for hydroxylation is 2. The molecule has 0 amide bonds. The Hall–Kier alpha value is -3.48. The van der Waals surface area contributed by atoms with Crippen molar-refractivity contribution in [2.75, 3.05) is 11.9 Å². The van der Waals surface area contributed by atoms with Gasteiger partial charge in [0.25, 0.3) is 0 Å². The van der Waals surface area contributed by atoms with Crippen molar-refractivity contribution in [3.8, 4) is 17.2 Å². The van der Waals surface area contributed by atoms with E-state index >= 15 is 0 Å². The Labute approximate surface area is 194 Å². The lowest BCUT2D eigenvalue weighted by Gasteiger charge is -2.16. The van der Waals surface area contributed by atoms with Crippen molar-refractivity contribution in [3.05, 3.63) is 54.1 Å². The van der Waals surface area contributed by atoms with Gasteiger partial charge in [-0.3, -0.25) is 9.67 Å². The molecule has 170 valence electrons. The Bertz CT molecular complexity index is 1330. The highest BCUT2D eigenvalue weighted by Crippen LogP contribution is 2.34. The van der Waals surface area contributed by atoms with Gasteiger partial charge in [0.1, 0.15) is 24.3 Å². The van der Waals surface area contributed by atoms with Gasteiger partial charge in [0.15, 0.2) is 5.82 Å². The highest BCUT2D eigenvalue weighted by molar-refractivity contribution is 6.76. The molecule has 0 bridgehead atoms. The molecule has 0 aliphatic carbocycles. The first-order valence-corrected chi connectivity index (χ1v) is 14.6. The second-order valence-electron chi connectivity index (χ2n) is 9.48. The SMILES string of the molecule is Cc1cncc(-c2cc(Nc3ccn(C)n3)nc3c2c(C#N)cn3COCC[Si](C)(C)C)c1. The number of nitriles is 1. The van der Waals surface area contributed by atoms with Crippen LogP contribution in [-0.2, 0) is 18.5 Å². The second-order valence-corrected chi connectivity index (χ2v) is 15.1. The summed E-state index contributed by atoms with van der Waals surface area (Å²) in [5.41, 5.74) is 4.13. The topological polar surface area (TPSA) is 93.6 Å². The molecule has 8 nitrogen and oxygen atoms in total. The second kappa shape index (κ2) is 9.17. The van der Waals surface area contributed by atoms with Crippen LogP contribution in [0.5, 0.6) is 0 Å². The van der Waals surface area contributed by atoms with Crippen molar-refractivity contribution in [2.45, 2.75) is 39.3 Å². The van der Waals surface area contributed by atoms with Crippen LogP contribution in [0, 0.1) is 18.3 Å². The minimum absolute atomic E-state index is 0.341. The summed E-state index contributed by atoms with van der Waals surface area (Å²) in [5.74, 6) is 1.34. The van der Waals surface area contributed by atoms with Crippen LogP contribution in [-0.4, -0.2) is 39.0 Å². The van der Waals surface area contributed by atoms with Crippen LogP contribution >= 0.6 is 0 Å². The standard InChI is InChI=1S/C24H29N7OSi/c1-17-10-18(14-26-13-17)20-11-22(27-21-6-7-30(2)29-21)28-24-23(20)19(12-25)15-31(24)16-32-8-9-33(3,4)5/h6-7,10-11,13-15H,8-9,16H2,1-5H3,(H,27,28,29). The lowest BCUT2D eigenvalue weighted by Crippen LogP contribution is -2.22. The molecular formula is C24H29N7OSi. The third-order valence-electron chi connectivity index (χ3n) is 5.33. The van der Waals surface area contributed by atoms with Crippen LogP contribution in [0.2, 0.25) is 25.7 Å². The van der Waals surface area contributed by atoms with E-state index in [1.165, 1.54) is 0 Å². The maximum atomic E-state index is 9.89. The van der Waals surface area contributed by atoms with E-state index in [0.29, 0.717) is 36.2 Å². The van der Waals surface area contributed by atoms with Crippen LogP contribution in [0.15, 0.2) is 43.0 Å². The maximum absolute atomic E-state index is 9.89. The van der Waals surface area contributed by atoms with Crippen molar-refractivity contribution in [3.63, 3.8) is 0 Å². The number of hydrogen-bond acceptors (Lipinski definition) is 6. The molecule has 0 aliphatic heterocycles. The Kier molecular flexibility index (Phi) is 6.31. The lowest BCUT2D eigenvalue weighted by molar-refractivity contribution is 0.0899. The molecule has 0 saturated heterocycles. The normalized spacial score (nSPS) is 11.6. The van der Waals surface area contributed by atoms with Gasteiger partial charge in [0, 0.05) is 63.5 Å². The number of hydrogen-bond donors (Lipinski definition) is 1. The molecule has 0 unspecified atom stereocenters. The molecule has 0 aliphatic rings. The minimum Gasteiger partial charge on any atom is -0.361 e. The average molecular weight is 460 g/mol. The Morgan fingerprint density at radius 3 is 2.67 bits per heavy atom. The fourth-order valence-electron chi connectivity index (χ4n) is 3.62. The first kappa shape index (κ1) is 22.7. The minimum atomic E-state index is -1.19. The van der Waals surface area contributed by atoms with Crippen LogP contribution in [0.1, 0.15) is 11.1 Å². The van der Waals surface area contributed by atoms with Gasteiger partial charge in [0.2, 0.25) is 0 Å². The van der Waals surface area contributed by atoms with Crippen LogP contribution < -0.4 is 5.32 Å². The average Bonchev–Trinajstić information content (AvgIpc) is 3.33. The van der Waals surface area contributed by atoms with E-state index in [-0.39, 0.29) is 0 Å². The van der Waals surface area contributed by atoms with Gasteiger partial charge >= 0.3 is 0 Å². The molecule has 1 N–H and O–H groups in total. The van der Waals surface area contributed by atoms with Crippen molar-refractivity contribution < 1.29 is 4.74 Å². The van der Waals surface area contributed by atoms with Crippen molar-refractivity contribution in [1.29, 1.82) is 5.26 Å². The van der Waals surface area contributed by atoms with Crippen LogP contribution in [0.3, 0.4) is 0 Å².